The summed E-state index contributed by atoms with van der Waals surface area (Å²) in [5, 5.41) is 5.77. The number of carbonyl (C=O) groups excluding carboxylic acids is 2. The van der Waals surface area contributed by atoms with Crippen molar-refractivity contribution in [3.8, 4) is 0 Å². The maximum Gasteiger partial charge on any atom is 0.407 e. The van der Waals surface area contributed by atoms with Gasteiger partial charge in [-0.25, -0.2) is 4.79 Å². The molecule has 2 amide bonds. The molecule has 0 saturated carbocycles. The van der Waals surface area contributed by atoms with Crippen LogP contribution >= 0.6 is 11.8 Å². The zero-order valence-corrected chi connectivity index (χ0v) is 15.4. The molecule has 2 N–H and O–H groups in total. The van der Waals surface area contributed by atoms with Crippen LogP contribution in [-0.2, 0) is 9.53 Å². The normalized spacial score (nSPS) is 16.9. The average molecular weight is 350 g/mol. The van der Waals surface area contributed by atoms with Crippen molar-refractivity contribution in [2.75, 3.05) is 12.3 Å². The lowest BCUT2D eigenvalue weighted by molar-refractivity contribution is -0.122. The van der Waals surface area contributed by atoms with Crippen molar-refractivity contribution in [3.63, 3.8) is 0 Å². The summed E-state index contributed by atoms with van der Waals surface area (Å²) in [5.41, 5.74) is 0.697. The maximum atomic E-state index is 12.1. The third kappa shape index (κ3) is 6.07. The smallest absolute Gasteiger partial charge is 0.407 e. The summed E-state index contributed by atoms with van der Waals surface area (Å²) in [7, 11) is 0. The fourth-order valence-electron chi connectivity index (χ4n) is 2.51. The highest BCUT2D eigenvalue weighted by molar-refractivity contribution is 7.99. The second-order valence-electron chi connectivity index (χ2n) is 6.83. The minimum absolute atomic E-state index is 0.0210. The average Bonchev–Trinajstić information content (AvgIpc) is 2.50. The highest BCUT2D eigenvalue weighted by atomic mass is 32.2. The van der Waals surface area contributed by atoms with Crippen LogP contribution in [0.25, 0.3) is 0 Å². The quantitative estimate of drug-likeness (QED) is 0.796. The van der Waals surface area contributed by atoms with Gasteiger partial charge in [0.2, 0.25) is 5.91 Å². The van der Waals surface area contributed by atoms with Crippen molar-refractivity contribution < 1.29 is 14.3 Å². The highest BCUT2D eigenvalue weighted by Gasteiger charge is 2.21. The lowest BCUT2D eigenvalue weighted by Gasteiger charge is -2.26. The Balaban J connectivity index is 1.70. The topological polar surface area (TPSA) is 67.4 Å². The van der Waals surface area contributed by atoms with Crippen LogP contribution in [-0.4, -0.2) is 29.9 Å². The third-order valence-corrected chi connectivity index (χ3v) is 4.67. The van der Waals surface area contributed by atoms with E-state index in [1.807, 2.05) is 44.7 Å². The van der Waals surface area contributed by atoms with E-state index in [0.29, 0.717) is 19.4 Å². The van der Waals surface area contributed by atoms with Crippen LogP contribution in [0.2, 0.25) is 0 Å². The summed E-state index contributed by atoms with van der Waals surface area (Å²) >= 11 is 1.84. The molecule has 132 valence electrons. The minimum atomic E-state index is -0.506. The van der Waals surface area contributed by atoms with E-state index in [4.69, 9.17) is 4.74 Å². The second kappa shape index (κ2) is 8.42. The summed E-state index contributed by atoms with van der Waals surface area (Å²) in [5.74, 6) is 1.04. The number of alkyl carbamates (subject to hydrolysis) is 1. The Morgan fingerprint density at radius 1 is 1.29 bits per heavy atom. The van der Waals surface area contributed by atoms with Crippen LogP contribution in [0.1, 0.15) is 51.6 Å². The van der Waals surface area contributed by atoms with Crippen LogP contribution in [0.4, 0.5) is 4.79 Å². The SMILES string of the molecule is CC(C)(C)OC(=O)NCCCC(=O)N[C@@H]1CCSc2ccccc21. The minimum Gasteiger partial charge on any atom is -0.444 e. The largest absolute Gasteiger partial charge is 0.444 e. The van der Waals surface area contributed by atoms with Gasteiger partial charge in [-0.2, -0.15) is 0 Å². The van der Waals surface area contributed by atoms with Gasteiger partial charge in [0.05, 0.1) is 6.04 Å². The van der Waals surface area contributed by atoms with Crippen molar-refractivity contribution in [2.24, 2.45) is 0 Å². The molecule has 0 bridgehead atoms. The van der Waals surface area contributed by atoms with Crippen LogP contribution in [0.15, 0.2) is 29.2 Å². The number of ether oxygens (including phenoxy) is 1. The van der Waals surface area contributed by atoms with E-state index in [2.05, 4.69) is 22.8 Å². The van der Waals surface area contributed by atoms with Crippen molar-refractivity contribution in [2.45, 2.75) is 56.6 Å². The first-order chi connectivity index (χ1) is 11.3. The Kier molecular flexibility index (Phi) is 6.54. The van der Waals surface area contributed by atoms with E-state index in [1.165, 1.54) is 10.5 Å². The summed E-state index contributed by atoms with van der Waals surface area (Å²) < 4.78 is 5.15. The van der Waals surface area contributed by atoms with Gasteiger partial charge in [0.15, 0.2) is 0 Å². The van der Waals surface area contributed by atoms with Gasteiger partial charge in [-0.05, 0) is 45.2 Å². The lowest BCUT2D eigenvalue weighted by atomic mass is 10.0. The molecule has 0 saturated heterocycles. The van der Waals surface area contributed by atoms with Gasteiger partial charge >= 0.3 is 6.09 Å². The van der Waals surface area contributed by atoms with E-state index in [9.17, 15) is 9.59 Å². The number of nitrogens with one attached hydrogen (secondary N) is 2. The van der Waals surface area contributed by atoms with Crippen LogP contribution in [0.3, 0.4) is 0 Å². The monoisotopic (exact) mass is 350 g/mol. The molecule has 1 aliphatic rings. The zero-order valence-electron chi connectivity index (χ0n) is 14.6. The molecule has 2 rings (SSSR count). The fraction of sp³-hybridized carbons (Fsp3) is 0.556. The molecule has 1 aliphatic heterocycles. The van der Waals surface area contributed by atoms with Crippen LogP contribution in [0.5, 0.6) is 0 Å². The van der Waals surface area contributed by atoms with Crippen molar-refractivity contribution in [3.05, 3.63) is 29.8 Å². The molecular weight excluding hydrogens is 324 g/mol. The zero-order chi connectivity index (χ0) is 17.6. The van der Waals surface area contributed by atoms with E-state index in [-0.39, 0.29) is 11.9 Å². The van der Waals surface area contributed by atoms with E-state index < -0.39 is 11.7 Å². The number of thioether (sulfide) groups is 1. The first kappa shape index (κ1) is 18.6. The summed E-state index contributed by atoms with van der Waals surface area (Å²) in [4.78, 5) is 24.9. The molecule has 1 atom stereocenters. The molecule has 0 unspecified atom stereocenters. The first-order valence-electron chi connectivity index (χ1n) is 8.33. The van der Waals surface area contributed by atoms with Gasteiger partial charge in [-0.3, -0.25) is 4.79 Å². The third-order valence-electron chi connectivity index (χ3n) is 3.54. The highest BCUT2D eigenvalue weighted by Crippen LogP contribution is 2.35. The predicted octanol–water partition coefficient (Wildman–Crippen LogP) is 3.64. The van der Waals surface area contributed by atoms with Crippen LogP contribution < -0.4 is 10.6 Å². The van der Waals surface area contributed by atoms with E-state index >= 15 is 0 Å². The summed E-state index contributed by atoms with van der Waals surface area (Å²) in [6.07, 6.45) is 1.49. The molecule has 0 fully saturated rings. The molecule has 6 heteroatoms. The van der Waals surface area contributed by atoms with Gasteiger partial charge < -0.3 is 15.4 Å². The first-order valence-corrected chi connectivity index (χ1v) is 9.31. The number of fused-ring (bicyclic) bond motifs is 1. The van der Waals surface area contributed by atoms with Gasteiger partial charge in [0.25, 0.3) is 0 Å². The molecule has 0 aromatic heterocycles. The summed E-state index contributed by atoms with van der Waals surface area (Å²) in [6.45, 7) is 5.89. The predicted molar refractivity (Wildman–Crippen MR) is 96.1 cm³/mol. The molecular formula is C18H26N2O3S. The van der Waals surface area contributed by atoms with Gasteiger partial charge in [0.1, 0.15) is 5.60 Å². The van der Waals surface area contributed by atoms with Crippen molar-refractivity contribution >= 4 is 23.8 Å². The lowest BCUT2D eigenvalue weighted by Crippen LogP contribution is -2.34. The molecule has 1 aromatic carbocycles. The number of rotatable bonds is 5. The Morgan fingerprint density at radius 2 is 2.04 bits per heavy atom. The van der Waals surface area contributed by atoms with Crippen molar-refractivity contribution in [1.29, 1.82) is 0 Å². The Labute approximate surface area is 147 Å². The molecule has 1 aromatic rings. The number of hydrogen-bond donors (Lipinski definition) is 2. The van der Waals surface area contributed by atoms with Gasteiger partial charge in [0, 0.05) is 23.6 Å². The number of amides is 2. The molecule has 0 radical (unpaired) electrons. The Hall–Kier alpha value is -1.69. The molecule has 0 spiro atoms. The molecule has 0 aliphatic carbocycles. The van der Waals surface area contributed by atoms with E-state index in [1.54, 1.807) is 0 Å². The molecule has 5 nitrogen and oxygen atoms in total. The number of benzene rings is 1. The van der Waals surface area contributed by atoms with Crippen LogP contribution in [0, 0.1) is 0 Å². The standard InChI is InChI=1S/C18H26N2O3S/c1-18(2,3)23-17(22)19-11-6-9-16(21)20-14-10-12-24-15-8-5-4-7-13(14)15/h4-5,7-8,14H,6,9-12H2,1-3H3,(H,19,22)(H,20,21)/t14-/m1/s1. The van der Waals surface area contributed by atoms with Gasteiger partial charge in [-0.15, -0.1) is 11.8 Å². The Bertz CT molecular complexity index is 584. The van der Waals surface area contributed by atoms with Gasteiger partial charge in [-0.1, -0.05) is 18.2 Å². The van der Waals surface area contributed by atoms with Crippen molar-refractivity contribution in [1.82, 2.24) is 10.6 Å². The molecule has 24 heavy (non-hydrogen) atoms. The van der Waals surface area contributed by atoms with E-state index in [0.717, 1.165) is 12.2 Å². The molecule has 1 heterocycles. The number of carbonyl (C=O) groups is 2. The maximum absolute atomic E-state index is 12.1. The second-order valence-corrected chi connectivity index (χ2v) is 7.96. The Morgan fingerprint density at radius 3 is 2.79 bits per heavy atom. The fourth-order valence-corrected chi connectivity index (χ4v) is 3.64. The summed E-state index contributed by atoms with van der Waals surface area (Å²) in [6, 6.07) is 8.31. The number of hydrogen-bond acceptors (Lipinski definition) is 4.